The molecule has 1 spiro atoms. The van der Waals surface area contributed by atoms with Crippen molar-refractivity contribution in [3.63, 3.8) is 0 Å². The van der Waals surface area contributed by atoms with E-state index >= 15 is 0 Å². The molecule has 0 saturated carbocycles. The number of anilines is 1. The number of Topliss-reactive ketones (excluding diaryl/α,β-unsaturated/α-hetero) is 1. The number of carbonyl (C=O) groups is 2. The Morgan fingerprint density at radius 2 is 1.85 bits per heavy atom. The first-order chi connectivity index (χ1) is 12.9. The van der Waals surface area contributed by atoms with Gasteiger partial charge in [-0.1, -0.05) is 30.3 Å². The van der Waals surface area contributed by atoms with Crippen molar-refractivity contribution in [3.8, 4) is 5.75 Å². The second-order valence-corrected chi connectivity index (χ2v) is 6.98. The number of methoxy groups -OCH3 is 1. The lowest BCUT2D eigenvalue weighted by molar-refractivity contribution is -0.232. The molecule has 1 N–H and O–H groups in total. The molecule has 2 aliphatic heterocycles. The number of hydroxylamine groups is 2. The van der Waals surface area contributed by atoms with Crippen molar-refractivity contribution in [3.05, 3.63) is 59.7 Å². The predicted molar refractivity (Wildman–Crippen MR) is 96.9 cm³/mol. The minimum Gasteiger partial charge on any atom is -0.497 e. The van der Waals surface area contributed by atoms with Gasteiger partial charge in [0.1, 0.15) is 18.0 Å². The number of benzene rings is 2. The second kappa shape index (κ2) is 6.07. The summed E-state index contributed by atoms with van der Waals surface area (Å²) in [4.78, 5) is 31.9. The highest BCUT2D eigenvalue weighted by Crippen LogP contribution is 2.44. The van der Waals surface area contributed by atoms with Gasteiger partial charge in [-0.2, -0.15) is 5.06 Å². The van der Waals surface area contributed by atoms with Crippen LogP contribution in [0.4, 0.5) is 5.69 Å². The molecule has 2 aromatic carbocycles. The number of amides is 1. The Labute approximate surface area is 156 Å². The van der Waals surface area contributed by atoms with Crippen LogP contribution < -0.4 is 10.1 Å². The van der Waals surface area contributed by atoms with Crippen molar-refractivity contribution >= 4 is 17.4 Å². The Bertz CT molecular complexity index is 912. The number of ketones is 1. The molecule has 2 aliphatic rings. The summed E-state index contributed by atoms with van der Waals surface area (Å²) >= 11 is 0. The zero-order chi connectivity index (χ0) is 19.2. The molecule has 4 rings (SSSR count). The molecule has 27 heavy (non-hydrogen) atoms. The van der Waals surface area contributed by atoms with Crippen molar-refractivity contribution in [2.24, 2.45) is 0 Å². The van der Waals surface area contributed by atoms with Crippen LogP contribution in [0.15, 0.2) is 48.5 Å². The van der Waals surface area contributed by atoms with E-state index in [4.69, 9.17) is 14.3 Å². The maximum absolute atomic E-state index is 13.2. The van der Waals surface area contributed by atoms with E-state index in [-0.39, 0.29) is 6.61 Å². The Balaban J connectivity index is 1.69. The molecule has 2 aromatic rings. The summed E-state index contributed by atoms with van der Waals surface area (Å²) in [7, 11) is 1.53. The molecule has 7 heteroatoms. The molecule has 1 fully saturated rings. The van der Waals surface area contributed by atoms with E-state index in [0.717, 1.165) is 10.6 Å². The van der Waals surface area contributed by atoms with Gasteiger partial charge in [0.15, 0.2) is 0 Å². The third-order valence-electron chi connectivity index (χ3n) is 4.67. The van der Waals surface area contributed by atoms with Crippen LogP contribution in [-0.4, -0.2) is 35.3 Å². The molecule has 140 valence electrons. The fourth-order valence-electron chi connectivity index (χ4n) is 3.29. The summed E-state index contributed by atoms with van der Waals surface area (Å²) < 4.78 is 11.1. The molecule has 1 atom stereocenters. The zero-order valence-corrected chi connectivity index (χ0v) is 15.3. The number of ether oxygens (including phenoxy) is 2. The van der Waals surface area contributed by atoms with Crippen LogP contribution in [0.3, 0.4) is 0 Å². The summed E-state index contributed by atoms with van der Waals surface area (Å²) in [6.45, 7) is 3.35. The minimum atomic E-state index is -1.73. The number of fused-ring (bicyclic) bond motifs is 1. The monoisotopic (exact) mass is 368 g/mol. The highest BCUT2D eigenvalue weighted by Gasteiger charge is 2.65. The Morgan fingerprint density at radius 3 is 2.56 bits per heavy atom. The van der Waals surface area contributed by atoms with E-state index in [9.17, 15) is 9.59 Å². The SMILES string of the molecule is COc1ccc2c(c1)C(=O)[C@@]1(N2)OC(C)(C)C(=O)N1OCc1ccccc1. The van der Waals surface area contributed by atoms with Gasteiger partial charge in [-0.25, -0.2) is 0 Å². The van der Waals surface area contributed by atoms with E-state index in [2.05, 4.69) is 5.32 Å². The van der Waals surface area contributed by atoms with Gasteiger partial charge >= 0.3 is 5.85 Å². The molecule has 1 amide bonds. The molecule has 1 saturated heterocycles. The van der Waals surface area contributed by atoms with Crippen LogP contribution in [0, 0.1) is 0 Å². The van der Waals surface area contributed by atoms with Crippen LogP contribution in [0.25, 0.3) is 0 Å². The molecule has 7 nitrogen and oxygen atoms in total. The van der Waals surface area contributed by atoms with Crippen LogP contribution in [0.1, 0.15) is 29.8 Å². The molecular formula is C20H20N2O5. The number of hydrogen-bond acceptors (Lipinski definition) is 6. The standard InChI is InChI=1S/C20H20N2O5/c1-19(2)18(24)22(26-12-13-7-5-4-6-8-13)20(27-19)17(23)15-11-14(25-3)9-10-16(15)21-20/h4-11,21H,12H2,1-3H3/t20-/m0/s1. The molecule has 0 aromatic heterocycles. The van der Waals surface area contributed by atoms with E-state index in [1.807, 2.05) is 30.3 Å². The number of carbonyl (C=O) groups excluding carboxylic acids is 2. The topological polar surface area (TPSA) is 77.1 Å². The zero-order valence-electron chi connectivity index (χ0n) is 15.3. The second-order valence-electron chi connectivity index (χ2n) is 6.98. The molecular weight excluding hydrogens is 348 g/mol. The lowest BCUT2D eigenvalue weighted by atomic mass is 10.1. The quantitative estimate of drug-likeness (QED) is 0.894. The first kappa shape index (κ1) is 17.5. The van der Waals surface area contributed by atoms with Gasteiger partial charge in [0.2, 0.25) is 5.78 Å². The largest absolute Gasteiger partial charge is 0.497 e. The van der Waals surface area contributed by atoms with Crippen molar-refractivity contribution < 1.29 is 23.9 Å². The van der Waals surface area contributed by atoms with Crippen molar-refractivity contribution in [2.75, 3.05) is 12.4 Å². The van der Waals surface area contributed by atoms with Gasteiger partial charge in [-0.3, -0.25) is 14.4 Å². The predicted octanol–water partition coefficient (Wildman–Crippen LogP) is 2.73. The van der Waals surface area contributed by atoms with Crippen LogP contribution >= 0.6 is 0 Å². The van der Waals surface area contributed by atoms with E-state index in [1.54, 1.807) is 32.0 Å². The van der Waals surface area contributed by atoms with E-state index < -0.39 is 23.1 Å². The van der Waals surface area contributed by atoms with Gasteiger partial charge in [0.25, 0.3) is 5.91 Å². The third kappa shape index (κ3) is 2.67. The summed E-state index contributed by atoms with van der Waals surface area (Å²) in [6.07, 6.45) is 0. The molecule has 0 aliphatic carbocycles. The lowest BCUT2D eigenvalue weighted by Gasteiger charge is -2.30. The fourth-order valence-corrected chi connectivity index (χ4v) is 3.29. The summed E-state index contributed by atoms with van der Waals surface area (Å²) in [5, 5.41) is 4.06. The number of hydrogen-bond donors (Lipinski definition) is 1. The summed E-state index contributed by atoms with van der Waals surface area (Å²) in [5.74, 6) is -2.02. The third-order valence-corrected chi connectivity index (χ3v) is 4.67. The Kier molecular flexibility index (Phi) is 3.94. The van der Waals surface area contributed by atoms with Gasteiger partial charge in [-0.05, 0) is 37.6 Å². The smallest absolute Gasteiger partial charge is 0.312 e. The van der Waals surface area contributed by atoms with Crippen molar-refractivity contribution in [1.82, 2.24) is 5.06 Å². The van der Waals surface area contributed by atoms with Crippen LogP contribution in [0.5, 0.6) is 5.75 Å². The molecule has 0 radical (unpaired) electrons. The lowest BCUT2D eigenvalue weighted by Crippen LogP contribution is -2.55. The summed E-state index contributed by atoms with van der Waals surface area (Å²) in [5.41, 5.74) is 0.591. The minimum absolute atomic E-state index is 0.127. The normalized spacial score (nSPS) is 22.9. The first-order valence-electron chi connectivity index (χ1n) is 8.60. The highest BCUT2D eigenvalue weighted by molar-refractivity contribution is 6.14. The Hall–Kier alpha value is -2.90. The van der Waals surface area contributed by atoms with Gasteiger partial charge in [0.05, 0.1) is 12.7 Å². The number of nitrogens with zero attached hydrogens (tertiary/aromatic N) is 1. The van der Waals surface area contributed by atoms with Crippen molar-refractivity contribution in [2.45, 2.75) is 31.9 Å². The first-order valence-corrected chi connectivity index (χ1v) is 8.60. The maximum Gasteiger partial charge on any atom is 0.312 e. The fraction of sp³-hybridized carbons (Fsp3) is 0.300. The van der Waals surface area contributed by atoms with Gasteiger partial charge < -0.3 is 14.8 Å². The number of rotatable bonds is 4. The average Bonchev–Trinajstić information content (AvgIpc) is 3.04. The summed E-state index contributed by atoms with van der Waals surface area (Å²) in [6, 6.07) is 14.5. The van der Waals surface area contributed by atoms with Gasteiger partial charge in [-0.15, -0.1) is 0 Å². The molecule has 0 unspecified atom stereocenters. The van der Waals surface area contributed by atoms with Crippen LogP contribution in [-0.2, 0) is 21.0 Å². The molecule has 2 heterocycles. The van der Waals surface area contributed by atoms with E-state index in [1.165, 1.54) is 7.11 Å². The highest BCUT2D eigenvalue weighted by atomic mass is 16.8. The van der Waals surface area contributed by atoms with Crippen LogP contribution in [0.2, 0.25) is 0 Å². The number of nitrogens with one attached hydrogen (secondary N) is 1. The Morgan fingerprint density at radius 1 is 1.11 bits per heavy atom. The van der Waals surface area contributed by atoms with Crippen molar-refractivity contribution in [1.29, 1.82) is 0 Å². The molecule has 0 bridgehead atoms. The van der Waals surface area contributed by atoms with E-state index in [0.29, 0.717) is 17.0 Å². The average molecular weight is 368 g/mol. The van der Waals surface area contributed by atoms with Gasteiger partial charge in [0, 0.05) is 5.69 Å². The maximum atomic E-state index is 13.2.